The van der Waals surface area contributed by atoms with Crippen molar-refractivity contribution in [1.82, 2.24) is 9.97 Å². The van der Waals surface area contributed by atoms with Crippen LogP contribution in [0, 0.1) is 0 Å². The molecule has 1 saturated heterocycles. The molecular weight excluding hydrogens is 382 g/mol. The Morgan fingerprint density at radius 2 is 2.21 bits per heavy atom. The number of unbranched alkanes of at least 4 members (excludes halogenated alkanes) is 1. The van der Waals surface area contributed by atoms with E-state index in [0.29, 0.717) is 11.7 Å². The van der Waals surface area contributed by atoms with Crippen LogP contribution in [0.1, 0.15) is 48.8 Å². The van der Waals surface area contributed by atoms with Gasteiger partial charge in [0.05, 0.1) is 22.7 Å². The molecule has 1 aliphatic heterocycles. The maximum absolute atomic E-state index is 12.9. The van der Waals surface area contributed by atoms with Crippen LogP contribution in [0.3, 0.4) is 0 Å². The van der Waals surface area contributed by atoms with Gasteiger partial charge in [0.2, 0.25) is 0 Å². The quantitative estimate of drug-likeness (QED) is 0.487. The van der Waals surface area contributed by atoms with Gasteiger partial charge < -0.3 is 15.0 Å². The molecular formula is C23H27N3O2S. The van der Waals surface area contributed by atoms with E-state index < -0.39 is 0 Å². The lowest BCUT2D eigenvalue weighted by Crippen LogP contribution is -2.14. The lowest BCUT2D eigenvalue weighted by atomic mass is 10.2. The van der Waals surface area contributed by atoms with E-state index in [0.717, 1.165) is 71.9 Å². The molecule has 1 fully saturated rings. The van der Waals surface area contributed by atoms with Crippen molar-refractivity contribution in [2.75, 3.05) is 17.7 Å². The van der Waals surface area contributed by atoms with Crippen LogP contribution >= 0.6 is 11.8 Å². The topological polar surface area (TPSA) is 67.0 Å². The van der Waals surface area contributed by atoms with Crippen LogP contribution in [-0.2, 0) is 11.2 Å². The second-order valence-electron chi connectivity index (χ2n) is 7.42. The van der Waals surface area contributed by atoms with Crippen molar-refractivity contribution in [2.24, 2.45) is 0 Å². The van der Waals surface area contributed by atoms with Crippen LogP contribution in [0.5, 0.6) is 0 Å². The second-order valence-corrected chi connectivity index (χ2v) is 8.48. The number of nitrogens with zero attached hydrogens (tertiary/aromatic N) is 1. The van der Waals surface area contributed by atoms with E-state index in [1.54, 1.807) is 11.8 Å². The zero-order valence-corrected chi connectivity index (χ0v) is 17.6. The van der Waals surface area contributed by atoms with Crippen molar-refractivity contribution in [2.45, 2.75) is 50.0 Å². The molecule has 0 radical (unpaired) electrons. The summed E-state index contributed by atoms with van der Waals surface area (Å²) in [5, 5.41) is 3.04. The average Bonchev–Trinajstić information content (AvgIpc) is 3.40. The fourth-order valence-corrected chi connectivity index (χ4v) is 4.66. The highest BCUT2D eigenvalue weighted by Crippen LogP contribution is 2.27. The minimum Gasteiger partial charge on any atom is -0.377 e. The van der Waals surface area contributed by atoms with E-state index in [4.69, 9.17) is 4.74 Å². The predicted octanol–water partition coefficient (Wildman–Crippen LogP) is 5.43. The first-order valence-corrected chi connectivity index (χ1v) is 11.3. The summed E-state index contributed by atoms with van der Waals surface area (Å²) in [5.41, 5.74) is 3.35. The lowest BCUT2D eigenvalue weighted by Gasteiger charge is -2.12. The number of fused-ring (bicyclic) bond motifs is 1. The van der Waals surface area contributed by atoms with Crippen molar-refractivity contribution in [3.63, 3.8) is 0 Å². The summed E-state index contributed by atoms with van der Waals surface area (Å²) in [5.74, 6) is 1.79. The molecule has 1 atom stereocenters. The van der Waals surface area contributed by atoms with Crippen molar-refractivity contribution in [3.05, 3.63) is 53.9 Å². The van der Waals surface area contributed by atoms with Crippen LogP contribution < -0.4 is 5.32 Å². The molecule has 2 heterocycles. The number of anilines is 1. The summed E-state index contributed by atoms with van der Waals surface area (Å²) >= 11 is 1.69. The van der Waals surface area contributed by atoms with Gasteiger partial charge in [0.1, 0.15) is 5.82 Å². The normalized spacial score (nSPS) is 16.4. The van der Waals surface area contributed by atoms with Gasteiger partial charge in [0.15, 0.2) is 0 Å². The summed E-state index contributed by atoms with van der Waals surface area (Å²) in [6, 6.07) is 13.6. The molecule has 2 N–H and O–H groups in total. The van der Waals surface area contributed by atoms with Crippen LogP contribution in [0.25, 0.3) is 11.0 Å². The Kier molecular flexibility index (Phi) is 6.52. The Morgan fingerprint density at radius 1 is 1.31 bits per heavy atom. The number of benzene rings is 2. The zero-order valence-electron chi connectivity index (χ0n) is 16.7. The Morgan fingerprint density at radius 3 is 3.03 bits per heavy atom. The number of ether oxygens (including phenoxy) is 1. The van der Waals surface area contributed by atoms with Gasteiger partial charge in [0, 0.05) is 29.4 Å². The van der Waals surface area contributed by atoms with Gasteiger partial charge in [-0.1, -0.05) is 25.5 Å². The van der Waals surface area contributed by atoms with E-state index >= 15 is 0 Å². The molecule has 0 saturated carbocycles. The van der Waals surface area contributed by atoms with E-state index in [1.807, 2.05) is 42.5 Å². The number of hydrogen-bond acceptors (Lipinski definition) is 4. The molecule has 1 aliphatic rings. The van der Waals surface area contributed by atoms with Gasteiger partial charge in [-0.2, -0.15) is 0 Å². The Bertz CT molecular complexity index is 979. The maximum Gasteiger partial charge on any atom is 0.256 e. The Labute approximate surface area is 175 Å². The number of hydrogen-bond donors (Lipinski definition) is 2. The highest BCUT2D eigenvalue weighted by molar-refractivity contribution is 7.99. The first kappa shape index (κ1) is 20.0. The number of thioether (sulfide) groups is 1. The third kappa shape index (κ3) is 5.00. The molecule has 1 amide bonds. The van der Waals surface area contributed by atoms with E-state index in [-0.39, 0.29) is 5.91 Å². The number of carbonyl (C=O) groups is 1. The van der Waals surface area contributed by atoms with Crippen LogP contribution in [0.2, 0.25) is 0 Å². The highest BCUT2D eigenvalue weighted by Gasteiger charge is 2.18. The third-order valence-corrected chi connectivity index (χ3v) is 6.34. The summed E-state index contributed by atoms with van der Waals surface area (Å²) in [4.78, 5) is 21.9. The number of imidazole rings is 1. The number of carbonyl (C=O) groups excluding carboxylic acids is 1. The number of aryl methyl sites for hydroxylation is 1. The number of aromatic nitrogens is 2. The number of H-pyrrole nitrogens is 1. The molecule has 5 nitrogen and oxygen atoms in total. The molecule has 0 bridgehead atoms. The molecule has 3 aromatic rings. The summed E-state index contributed by atoms with van der Waals surface area (Å²) in [7, 11) is 0. The maximum atomic E-state index is 12.9. The first-order valence-electron chi connectivity index (χ1n) is 10.4. The van der Waals surface area contributed by atoms with Gasteiger partial charge in [-0.05, 0) is 49.6 Å². The number of aromatic amines is 1. The summed E-state index contributed by atoms with van der Waals surface area (Å²) < 4.78 is 5.71. The lowest BCUT2D eigenvalue weighted by molar-refractivity contribution is 0.102. The van der Waals surface area contributed by atoms with E-state index in [2.05, 4.69) is 22.2 Å². The third-order valence-electron chi connectivity index (χ3n) is 5.14. The van der Waals surface area contributed by atoms with Crippen molar-refractivity contribution in [3.8, 4) is 0 Å². The molecule has 0 spiro atoms. The van der Waals surface area contributed by atoms with Gasteiger partial charge in [-0.15, -0.1) is 11.8 Å². The number of rotatable bonds is 8. The van der Waals surface area contributed by atoms with Gasteiger partial charge in [0.25, 0.3) is 5.91 Å². The first-order chi connectivity index (χ1) is 14.2. The monoisotopic (exact) mass is 409 g/mol. The second kappa shape index (κ2) is 9.46. The highest BCUT2D eigenvalue weighted by atomic mass is 32.2. The molecule has 6 heteroatoms. The smallest absolute Gasteiger partial charge is 0.256 e. The Hall–Kier alpha value is -2.31. The molecule has 1 unspecified atom stereocenters. The van der Waals surface area contributed by atoms with Crippen molar-refractivity contribution < 1.29 is 9.53 Å². The SMILES string of the molecule is CCCCc1nc2ccc(NC(=O)c3ccccc3SCC3CCCO3)cc2[nH]1. The average molecular weight is 410 g/mol. The summed E-state index contributed by atoms with van der Waals surface area (Å²) in [6.45, 7) is 3.02. The fourth-order valence-electron chi connectivity index (χ4n) is 3.54. The largest absolute Gasteiger partial charge is 0.377 e. The van der Waals surface area contributed by atoms with E-state index in [9.17, 15) is 4.79 Å². The van der Waals surface area contributed by atoms with Crippen molar-refractivity contribution in [1.29, 1.82) is 0 Å². The van der Waals surface area contributed by atoms with Crippen LogP contribution in [0.15, 0.2) is 47.4 Å². The molecule has 1 aromatic heterocycles. The van der Waals surface area contributed by atoms with Crippen LogP contribution in [-0.4, -0.2) is 34.3 Å². The minimum atomic E-state index is -0.0921. The molecule has 4 rings (SSSR count). The predicted molar refractivity (Wildman–Crippen MR) is 119 cm³/mol. The van der Waals surface area contributed by atoms with Gasteiger partial charge in [-0.3, -0.25) is 4.79 Å². The summed E-state index contributed by atoms with van der Waals surface area (Å²) in [6.07, 6.45) is 5.73. The van der Waals surface area contributed by atoms with Gasteiger partial charge >= 0.3 is 0 Å². The van der Waals surface area contributed by atoms with Gasteiger partial charge in [-0.25, -0.2) is 4.98 Å². The number of nitrogens with one attached hydrogen (secondary N) is 2. The standard InChI is InChI=1S/C23H27N3O2S/c1-2-3-10-22-25-19-12-11-16(14-20(19)26-22)24-23(27)18-8-4-5-9-21(18)29-15-17-7-6-13-28-17/h4-5,8-9,11-12,14,17H,2-3,6-7,10,13,15H2,1H3,(H,24,27)(H,25,26). The van der Waals surface area contributed by atoms with E-state index in [1.165, 1.54) is 0 Å². The zero-order chi connectivity index (χ0) is 20.1. The molecule has 2 aromatic carbocycles. The molecule has 29 heavy (non-hydrogen) atoms. The van der Waals surface area contributed by atoms with Crippen molar-refractivity contribution >= 4 is 34.4 Å². The fraction of sp³-hybridized carbons (Fsp3) is 0.391. The minimum absolute atomic E-state index is 0.0921. The molecule has 0 aliphatic carbocycles. The number of amides is 1. The van der Waals surface area contributed by atoms with Crippen LogP contribution in [0.4, 0.5) is 5.69 Å². The Balaban J connectivity index is 1.46. The molecule has 152 valence electrons.